The first-order valence-electron chi connectivity index (χ1n) is 7.76. The molecule has 0 aliphatic carbocycles. The van der Waals surface area contributed by atoms with Crippen LogP contribution in [0.4, 0.5) is 4.79 Å². The molecule has 2 unspecified atom stereocenters. The molecule has 1 heterocycles. The number of likely N-dealkylation sites (tertiary alicyclic amines) is 1. The molecule has 6 heteroatoms. The molecule has 1 aromatic carbocycles. The first kappa shape index (κ1) is 18.4. The maximum atomic E-state index is 12.1. The van der Waals surface area contributed by atoms with E-state index in [-0.39, 0.29) is 12.0 Å². The monoisotopic (exact) mass is 359 g/mol. The first-order valence-corrected chi connectivity index (χ1v) is 8.52. The van der Waals surface area contributed by atoms with E-state index in [9.17, 15) is 9.90 Å². The van der Waals surface area contributed by atoms with Crippen LogP contribution in [0.15, 0.2) is 18.2 Å². The Kier molecular flexibility index (Phi) is 5.82. The van der Waals surface area contributed by atoms with Crippen LogP contribution in [0, 0.1) is 5.92 Å². The van der Waals surface area contributed by atoms with Crippen LogP contribution in [0.1, 0.15) is 32.8 Å². The molecule has 1 amide bonds. The number of rotatable bonds is 3. The third kappa shape index (κ3) is 5.00. The summed E-state index contributed by atoms with van der Waals surface area (Å²) in [5, 5.41) is 11.4. The first-order chi connectivity index (χ1) is 10.7. The summed E-state index contributed by atoms with van der Waals surface area (Å²) in [5.74, 6) is 0.0116. The van der Waals surface area contributed by atoms with Crippen LogP contribution in [0.3, 0.4) is 0 Å². The van der Waals surface area contributed by atoms with Gasteiger partial charge in [0.2, 0.25) is 0 Å². The molecule has 0 saturated carbocycles. The van der Waals surface area contributed by atoms with Gasteiger partial charge < -0.3 is 14.7 Å². The van der Waals surface area contributed by atoms with E-state index in [1.807, 2.05) is 32.9 Å². The average Bonchev–Trinajstić information content (AvgIpc) is 2.92. The van der Waals surface area contributed by atoms with Gasteiger partial charge >= 0.3 is 6.09 Å². The van der Waals surface area contributed by atoms with Crippen LogP contribution in [-0.4, -0.2) is 40.9 Å². The van der Waals surface area contributed by atoms with E-state index in [2.05, 4.69) is 0 Å². The molecule has 0 radical (unpaired) electrons. The molecular weight excluding hydrogens is 337 g/mol. The smallest absolute Gasteiger partial charge is 0.410 e. The second-order valence-corrected chi connectivity index (χ2v) is 7.74. The van der Waals surface area contributed by atoms with Crippen LogP contribution in [0.25, 0.3) is 0 Å². The van der Waals surface area contributed by atoms with Crippen molar-refractivity contribution < 1.29 is 14.6 Å². The highest BCUT2D eigenvalue weighted by molar-refractivity contribution is 6.42. The number of aliphatic hydroxyl groups excluding tert-OH is 1. The number of hydrogen-bond acceptors (Lipinski definition) is 3. The number of aliphatic hydroxyl groups is 1. The van der Waals surface area contributed by atoms with E-state index in [1.165, 1.54) is 0 Å². The third-order valence-electron chi connectivity index (χ3n) is 3.88. The van der Waals surface area contributed by atoms with Crippen molar-refractivity contribution in [2.24, 2.45) is 5.92 Å². The summed E-state index contributed by atoms with van der Waals surface area (Å²) in [7, 11) is 0. The largest absolute Gasteiger partial charge is 0.444 e. The highest BCUT2D eigenvalue weighted by Gasteiger charge is 2.33. The zero-order chi connectivity index (χ0) is 17.2. The Balaban J connectivity index is 1.93. The molecule has 23 heavy (non-hydrogen) atoms. The lowest BCUT2D eigenvalue weighted by Gasteiger charge is -2.25. The molecule has 1 aliphatic heterocycles. The molecule has 1 saturated heterocycles. The van der Waals surface area contributed by atoms with Crippen molar-refractivity contribution in [1.29, 1.82) is 0 Å². The Morgan fingerprint density at radius 3 is 2.78 bits per heavy atom. The van der Waals surface area contributed by atoms with Gasteiger partial charge in [-0.1, -0.05) is 35.3 Å². The maximum absolute atomic E-state index is 12.1. The quantitative estimate of drug-likeness (QED) is 0.881. The topological polar surface area (TPSA) is 49.8 Å². The molecule has 2 rings (SSSR count). The fourth-order valence-electron chi connectivity index (χ4n) is 2.69. The molecule has 0 spiro atoms. The molecule has 1 N–H and O–H groups in total. The van der Waals surface area contributed by atoms with Gasteiger partial charge in [0, 0.05) is 25.4 Å². The second kappa shape index (κ2) is 7.29. The van der Waals surface area contributed by atoms with Crippen molar-refractivity contribution in [3.05, 3.63) is 33.8 Å². The standard InChI is InChI=1S/C17H23Cl2NO3/c1-17(2,3)23-16(22)20-8-7-12(10-20)14(21)9-11-5-4-6-13(18)15(11)19/h4-6,12,14,21H,7-10H2,1-3H3. The number of ether oxygens (including phenoxy) is 1. The van der Waals surface area contributed by atoms with Gasteiger partial charge in [-0.3, -0.25) is 0 Å². The number of nitrogens with zero attached hydrogens (tertiary/aromatic N) is 1. The summed E-state index contributed by atoms with van der Waals surface area (Å²) in [6, 6.07) is 5.40. The summed E-state index contributed by atoms with van der Waals surface area (Å²) in [5.41, 5.74) is 0.310. The van der Waals surface area contributed by atoms with E-state index in [0.29, 0.717) is 29.6 Å². The van der Waals surface area contributed by atoms with Gasteiger partial charge in [-0.25, -0.2) is 4.79 Å². The lowest BCUT2D eigenvalue weighted by Crippen LogP contribution is -2.36. The van der Waals surface area contributed by atoms with Crippen LogP contribution >= 0.6 is 23.2 Å². The fraction of sp³-hybridized carbons (Fsp3) is 0.588. The Hall–Kier alpha value is -0.970. The van der Waals surface area contributed by atoms with Gasteiger partial charge in [0.1, 0.15) is 5.60 Å². The van der Waals surface area contributed by atoms with Crippen molar-refractivity contribution in [2.75, 3.05) is 13.1 Å². The van der Waals surface area contributed by atoms with Gasteiger partial charge in [0.05, 0.1) is 16.1 Å². The Morgan fingerprint density at radius 2 is 2.13 bits per heavy atom. The minimum atomic E-state index is -0.571. The van der Waals surface area contributed by atoms with Crippen molar-refractivity contribution >= 4 is 29.3 Å². The summed E-state index contributed by atoms with van der Waals surface area (Å²) in [6.45, 7) is 6.62. The molecule has 2 atom stereocenters. The lowest BCUT2D eigenvalue weighted by molar-refractivity contribution is 0.0269. The number of benzene rings is 1. The normalized spacial score (nSPS) is 19.7. The van der Waals surface area contributed by atoms with E-state index in [0.717, 1.165) is 12.0 Å². The second-order valence-electron chi connectivity index (χ2n) is 6.96. The van der Waals surface area contributed by atoms with Gasteiger partial charge in [-0.05, 0) is 38.8 Å². The zero-order valence-electron chi connectivity index (χ0n) is 13.7. The van der Waals surface area contributed by atoms with Gasteiger partial charge in [0.15, 0.2) is 0 Å². The van der Waals surface area contributed by atoms with E-state index < -0.39 is 11.7 Å². The predicted octanol–water partition coefficient (Wildman–Crippen LogP) is 4.15. The molecular formula is C17H23Cl2NO3. The molecule has 0 aromatic heterocycles. The van der Waals surface area contributed by atoms with Crippen LogP contribution in [0.5, 0.6) is 0 Å². The lowest BCUT2D eigenvalue weighted by atomic mass is 9.95. The number of amides is 1. The molecule has 4 nitrogen and oxygen atoms in total. The average molecular weight is 360 g/mol. The maximum Gasteiger partial charge on any atom is 0.410 e. The number of halogens is 2. The zero-order valence-corrected chi connectivity index (χ0v) is 15.2. The number of carbonyl (C=O) groups excluding carboxylic acids is 1. The fourth-order valence-corrected chi connectivity index (χ4v) is 3.09. The Bertz CT molecular complexity index is 571. The highest BCUT2D eigenvalue weighted by atomic mass is 35.5. The van der Waals surface area contributed by atoms with Gasteiger partial charge in [0.25, 0.3) is 0 Å². The van der Waals surface area contributed by atoms with E-state index in [4.69, 9.17) is 27.9 Å². The predicted molar refractivity (Wildman–Crippen MR) is 92.1 cm³/mol. The van der Waals surface area contributed by atoms with Crippen LogP contribution in [0.2, 0.25) is 10.0 Å². The van der Waals surface area contributed by atoms with Gasteiger partial charge in [-0.2, -0.15) is 0 Å². The SMILES string of the molecule is CC(C)(C)OC(=O)N1CCC(C(O)Cc2cccc(Cl)c2Cl)C1. The highest BCUT2D eigenvalue weighted by Crippen LogP contribution is 2.29. The van der Waals surface area contributed by atoms with Crippen LogP contribution in [-0.2, 0) is 11.2 Å². The summed E-state index contributed by atoms with van der Waals surface area (Å²) in [6.07, 6.45) is 0.275. The molecule has 1 fully saturated rings. The van der Waals surface area contributed by atoms with E-state index >= 15 is 0 Å². The summed E-state index contributed by atoms with van der Waals surface area (Å²) >= 11 is 12.2. The Morgan fingerprint density at radius 1 is 1.43 bits per heavy atom. The molecule has 1 aromatic rings. The van der Waals surface area contributed by atoms with Crippen molar-refractivity contribution in [3.63, 3.8) is 0 Å². The Labute approximate surface area is 147 Å². The van der Waals surface area contributed by atoms with Crippen molar-refractivity contribution in [3.8, 4) is 0 Å². The van der Waals surface area contributed by atoms with Crippen molar-refractivity contribution in [2.45, 2.75) is 45.3 Å². The summed E-state index contributed by atoms with van der Waals surface area (Å²) in [4.78, 5) is 13.7. The molecule has 0 bridgehead atoms. The van der Waals surface area contributed by atoms with Crippen molar-refractivity contribution in [1.82, 2.24) is 4.90 Å². The summed E-state index contributed by atoms with van der Waals surface area (Å²) < 4.78 is 5.37. The molecule has 128 valence electrons. The minimum absolute atomic E-state index is 0.0116. The minimum Gasteiger partial charge on any atom is -0.444 e. The molecule has 1 aliphatic rings. The number of carbonyl (C=O) groups is 1. The van der Waals surface area contributed by atoms with E-state index in [1.54, 1.807) is 11.0 Å². The van der Waals surface area contributed by atoms with Crippen LogP contribution < -0.4 is 0 Å². The third-order valence-corrected chi connectivity index (χ3v) is 4.74. The van der Waals surface area contributed by atoms with Gasteiger partial charge in [-0.15, -0.1) is 0 Å². The number of hydrogen-bond donors (Lipinski definition) is 1.